The summed E-state index contributed by atoms with van der Waals surface area (Å²) >= 11 is 0. The molecule has 0 aliphatic heterocycles. The van der Waals surface area contributed by atoms with E-state index >= 15 is 0 Å². The van der Waals surface area contributed by atoms with Gasteiger partial charge in [-0.1, -0.05) is 25.1 Å². The second-order valence-electron chi connectivity index (χ2n) is 4.03. The molecule has 0 saturated heterocycles. The van der Waals surface area contributed by atoms with Gasteiger partial charge in [0.1, 0.15) is 24.4 Å². The van der Waals surface area contributed by atoms with Gasteiger partial charge in [-0.3, -0.25) is 10.2 Å². The molecule has 0 atom stereocenters. The summed E-state index contributed by atoms with van der Waals surface area (Å²) < 4.78 is 10.9. The highest BCUT2D eigenvalue weighted by Gasteiger charge is 2.09. The molecule has 0 aliphatic rings. The summed E-state index contributed by atoms with van der Waals surface area (Å²) in [5.74, 6) is 6.06. The number of hydrogen-bond acceptors (Lipinski definition) is 4. The Bertz CT molecular complexity index is 563. The van der Waals surface area contributed by atoms with Crippen LogP contribution in [0.5, 0.6) is 5.75 Å². The van der Waals surface area contributed by atoms with Crippen molar-refractivity contribution in [3.63, 3.8) is 0 Å². The largest absolute Gasteiger partial charge is 0.485 e. The summed E-state index contributed by atoms with van der Waals surface area (Å²) in [7, 11) is 0. The summed E-state index contributed by atoms with van der Waals surface area (Å²) in [6.45, 7) is 2.34. The molecular formula is C14H16N2O3. The van der Waals surface area contributed by atoms with Crippen LogP contribution in [0.25, 0.3) is 0 Å². The number of nitrogen functional groups attached to an aromatic ring is 1. The van der Waals surface area contributed by atoms with Gasteiger partial charge in [-0.15, -0.1) is 0 Å². The average Bonchev–Trinajstić information content (AvgIpc) is 2.93. The Hall–Kier alpha value is -2.27. The monoisotopic (exact) mass is 260 g/mol. The number of ether oxygens (including phenoxy) is 1. The van der Waals surface area contributed by atoms with Crippen molar-refractivity contribution in [2.24, 2.45) is 5.84 Å². The van der Waals surface area contributed by atoms with E-state index in [0.29, 0.717) is 11.3 Å². The lowest BCUT2D eigenvalue weighted by atomic mass is 10.1. The lowest BCUT2D eigenvalue weighted by Crippen LogP contribution is -2.29. The predicted octanol–water partition coefficient (Wildman–Crippen LogP) is 2.02. The molecular weight excluding hydrogens is 244 g/mol. The minimum Gasteiger partial charge on any atom is -0.485 e. The number of carbonyl (C=O) groups is 1. The van der Waals surface area contributed by atoms with E-state index in [2.05, 4.69) is 6.92 Å². The van der Waals surface area contributed by atoms with Crippen molar-refractivity contribution in [1.29, 1.82) is 0 Å². The van der Waals surface area contributed by atoms with Gasteiger partial charge in [-0.05, 0) is 24.1 Å². The maximum Gasteiger partial charge on any atom is 0.268 e. The number of hydrazine groups is 1. The number of benzene rings is 1. The van der Waals surface area contributed by atoms with Crippen LogP contribution in [0.1, 0.15) is 28.6 Å². The van der Waals surface area contributed by atoms with Gasteiger partial charge >= 0.3 is 0 Å². The van der Waals surface area contributed by atoms with Crippen molar-refractivity contribution in [2.75, 3.05) is 0 Å². The minimum absolute atomic E-state index is 0.273. The number of para-hydroxylation sites is 1. The predicted molar refractivity (Wildman–Crippen MR) is 70.5 cm³/mol. The molecule has 100 valence electrons. The molecule has 1 aromatic carbocycles. The zero-order valence-electron chi connectivity index (χ0n) is 10.7. The topological polar surface area (TPSA) is 77.5 Å². The lowest BCUT2D eigenvalue weighted by molar-refractivity contribution is 0.0953. The van der Waals surface area contributed by atoms with E-state index in [4.69, 9.17) is 15.0 Å². The SMILES string of the molecule is CCc1ccccc1OCc1cc(C(=O)NN)co1. The second kappa shape index (κ2) is 6.06. The van der Waals surface area contributed by atoms with E-state index in [0.717, 1.165) is 17.7 Å². The summed E-state index contributed by atoms with van der Waals surface area (Å²) in [6.07, 6.45) is 2.25. The molecule has 0 aliphatic carbocycles. The minimum atomic E-state index is -0.385. The number of furan rings is 1. The van der Waals surface area contributed by atoms with Gasteiger partial charge in [0.25, 0.3) is 5.91 Å². The fourth-order valence-corrected chi connectivity index (χ4v) is 1.74. The quantitative estimate of drug-likeness (QED) is 0.490. The smallest absolute Gasteiger partial charge is 0.268 e. The fraction of sp³-hybridized carbons (Fsp3) is 0.214. The molecule has 0 radical (unpaired) electrons. The Kier molecular flexibility index (Phi) is 4.20. The van der Waals surface area contributed by atoms with Crippen molar-refractivity contribution < 1.29 is 13.9 Å². The Labute approximate surface area is 111 Å². The third-order valence-corrected chi connectivity index (χ3v) is 2.77. The van der Waals surface area contributed by atoms with Gasteiger partial charge in [0.2, 0.25) is 0 Å². The van der Waals surface area contributed by atoms with Crippen LogP contribution < -0.4 is 16.0 Å². The van der Waals surface area contributed by atoms with Gasteiger partial charge in [0, 0.05) is 0 Å². The number of hydrogen-bond donors (Lipinski definition) is 2. The number of carbonyl (C=O) groups excluding carboxylic acids is 1. The molecule has 0 bridgehead atoms. The summed E-state index contributed by atoms with van der Waals surface area (Å²) in [4.78, 5) is 11.3. The van der Waals surface area contributed by atoms with Crippen LogP contribution in [0.2, 0.25) is 0 Å². The molecule has 1 heterocycles. The van der Waals surface area contributed by atoms with Crippen LogP contribution in [0.15, 0.2) is 41.0 Å². The molecule has 2 aromatic rings. The molecule has 19 heavy (non-hydrogen) atoms. The van der Waals surface area contributed by atoms with Crippen LogP contribution in [0.4, 0.5) is 0 Å². The molecule has 3 N–H and O–H groups in total. The molecule has 5 nitrogen and oxygen atoms in total. The number of amides is 1. The molecule has 0 spiro atoms. The number of nitrogens with one attached hydrogen (secondary N) is 1. The van der Waals surface area contributed by atoms with Gasteiger partial charge in [-0.25, -0.2) is 5.84 Å². The highest BCUT2D eigenvalue weighted by Crippen LogP contribution is 2.20. The molecule has 5 heteroatoms. The highest BCUT2D eigenvalue weighted by atomic mass is 16.5. The van der Waals surface area contributed by atoms with Gasteiger partial charge in [0.15, 0.2) is 0 Å². The highest BCUT2D eigenvalue weighted by molar-refractivity contribution is 5.93. The zero-order chi connectivity index (χ0) is 13.7. The molecule has 0 fully saturated rings. The molecule has 2 rings (SSSR count). The lowest BCUT2D eigenvalue weighted by Gasteiger charge is -2.08. The first-order chi connectivity index (χ1) is 9.24. The van der Waals surface area contributed by atoms with Crippen LogP contribution >= 0.6 is 0 Å². The van der Waals surface area contributed by atoms with Crippen LogP contribution in [0, 0.1) is 0 Å². The van der Waals surface area contributed by atoms with Crippen molar-refractivity contribution in [3.05, 3.63) is 53.5 Å². The third kappa shape index (κ3) is 3.14. The molecule has 1 amide bonds. The average molecular weight is 260 g/mol. The Morgan fingerprint density at radius 1 is 1.42 bits per heavy atom. The first-order valence-corrected chi connectivity index (χ1v) is 6.03. The number of aryl methyl sites for hydroxylation is 1. The Morgan fingerprint density at radius 2 is 2.21 bits per heavy atom. The number of nitrogens with two attached hydrogens (primary N) is 1. The zero-order valence-corrected chi connectivity index (χ0v) is 10.7. The maximum absolute atomic E-state index is 11.3. The van der Waals surface area contributed by atoms with Gasteiger partial charge in [-0.2, -0.15) is 0 Å². The van der Waals surface area contributed by atoms with Crippen molar-refractivity contribution in [1.82, 2.24) is 5.43 Å². The molecule has 0 unspecified atom stereocenters. The second-order valence-corrected chi connectivity index (χ2v) is 4.03. The summed E-state index contributed by atoms with van der Waals surface area (Å²) in [6, 6.07) is 9.43. The van der Waals surface area contributed by atoms with Crippen LogP contribution in [-0.2, 0) is 13.0 Å². The maximum atomic E-state index is 11.3. The van der Waals surface area contributed by atoms with Gasteiger partial charge < -0.3 is 9.15 Å². The van der Waals surface area contributed by atoms with Gasteiger partial charge in [0.05, 0.1) is 5.56 Å². The van der Waals surface area contributed by atoms with E-state index in [1.54, 1.807) is 6.07 Å². The third-order valence-electron chi connectivity index (χ3n) is 2.77. The Balaban J connectivity index is 2.02. The standard InChI is InChI=1S/C14H16N2O3/c1-2-10-5-3-4-6-13(10)19-9-12-7-11(8-18-12)14(17)16-15/h3-8H,2,9,15H2,1H3,(H,16,17). The van der Waals surface area contributed by atoms with E-state index in [9.17, 15) is 4.79 Å². The van der Waals surface area contributed by atoms with Crippen LogP contribution in [-0.4, -0.2) is 5.91 Å². The van der Waals surface area contributed by atoms with E-state index in [1.807, 2.05) is 29.7 Å². The first kappa shape index (κ1) is 13.2. The molecule has 0 saturated carbocycles. The summed E-state index contributed by atoms with van der Waals surface area (Å²) in [5.41, 5.74) is 3.56. The van der Waals surface area contributed by atoms with Crippen molar-refractivity contribution in [2.45, 2.75) is 20.0 Å². The Morgan fingerprint density at radius 3 is 2.95 bits per heavy atom. The number of rotatable bonds is 5. The van der Waals surface area contributed by atoms with Crippen molar-refractivity contribution in [3.8, 4) is 5.75 Å². The fourth-order valence-electron chi connectivity index (χ4n) is 1.74. The molecule has 1 aromatic heterocycles. The first-order valence-electron chi connectivity index (χ1n) is 6.03. The van der Waals surface area contributed by atoms with E-state index in [-0.39, 0.29) is 12.5 Å². The van der Waals surface area contributed by atoms with E-state index < -0.39 is 0 Å². The summed E-state index contributed by atoms with van der Waals surface area (Å²) in [5, 5.41) is 0. The van der Waals surface area contributed by atoms with E-state index in [1.165, 1.54) is 6.26 Å². The van der Waals surface area contributed by atoms with Crippen LogP contribution in [0.3, 0.4) is 0 Å². The van der Waals surface area contributed by atoms with Crippen molar-refractivity contribution >= 4 is 5.91 Å². The normalized spacial score (nSPS) is 10.2.